The van der Waals surface area contributed by atoms with Gasteiger partial charge in [0.05, 0.1) is 11.7 Å². The van der Waals surface area contributed by atoms with Crippen LogP contribution < -0.4 is 10.4 Å². The summed E-state index contributed by atoms with van der Waals surface area (Å²) in [6.45, 7) is 4.02. The minimum Gasteiger partial charge on any atom is -0.545 e. The number of nitrogens with one attached hydrogen (secondary N) is 1. The molecule has 0 saturated carbocycles. The van der Waals surface area contributed by atoms with Crippen LogP contribution in [0.1, 0.15) is 28.4 Å². The first kappa shape index (κ1) is 13.8. The molecule has 0 atom stereocenters. The van der Waals surface area contributed by atoms with Gasteiger partial charge in [0.15, 0.2) is 0 Å². The van der Waals surface area contributed by atoms with E-state index in [4.69, 9.17) is 0 Å². The smallest absolute Gasteiger partial charge is 0.0716 e. The van der Waals surface area contributed by atoms with Crippen LogP contribution in [-0.4, -0.2) is 5.97 Å². The van der Waals surface area contributed by atoms with E-state index in [1.807, 2.05) is 19.1 Å². The third-order valence-corrected chi connectivity index (χ3v) is 4.57. The highest BCUT2D eigenvalue weighted by Gasteiger charge is 2.17. The van der Waals surface area contributed by atoms with Crippen molar-refractivity contribution < 1.29 is 9.90 Å². The van der Waals surface area contributed by atoms with Gasteiger partial charge in [-0.3, -0.25) is 0 Å². The maximum absolute atomic E-state index is 11.0. The second-order valence-electron chi connectivity index (χ2n) is 4.93. The Balaban J connectivity index is 2.15. The average Bonchev–Trinajstić information content (AvgIpc) is 2.62. The molecule has 1 heterocycles. The second-order valence-corrected chi connectivity index (χ2v) is 6.01. The fourth-order valence-electron chi connectivity index (χ4n) is 2.35. The van der Waals surface area contributed by atoms with Crippen molar-refractivity contribution >= 4 is 29.1 Å². The number of hydrogen-bond acceptors (Lipinski definition) is 4. The normalized spacial score (nSPS) is 14.9. The van der Waals surface area contributed by atoms with Gasteiger partial charge in [-0.1, -0.05) is 35.5 Å². The maximum Gasteiger partial charge on any atom is 0.0716 e. The molecule has 0 amide bonds. The molecule has 2 aromatic carbocycles. The number of carboxylic acids is 1. The number of rotatable bonds is 1. The van der Waals surface area contributed by atoms with E-state index in [0.29, 0.717) is 0 Å². The van der Waals surface area contributed by atoms with E-state index in [-0.39, 0.29) is 5.56 Å². The summed E-state index contributed by atoms with van der Waals surface area (Å²) in [5, 5.41) is 14.4. The van der Waals surface area contributed by atoms with Crippen LogP contribution in [0.4, 0.5) is 5.69 Å². The third kappa shape index (κ3) is 2.54. The molecule has 0 aromatic heterocycles. The first-order valence-corrected chi connectivity index (χ1v) is 7.48. The van der Waals surface area contributed by atoms with E-state index in [2.05, 4.69) is 30.4 Å². The lowest BCUT2D eigenvalue weighted by atomic mass is 10.1. The Kier molecular flexibility index (Phi) is 3.47. The first-order chi connectivity index (χ1) is 10.1. The number of aryl methyl sites for hydroxylation is 1. The Labute approximate surface area is 127 Å². The van der Waals surface area contributed by atoms with Gasteiger partial charge in [-0.05, 0) is 43.7 Å². The van der Waals surface area contributed by atoms with Gasteiger partial charge in [-0.15, -0.1) is 0 Å². The monoisotopic (exact) mass is 296 g/mol. The van der Waals surface area contributed by atoms with Gasteiger partial charge >= 0.3 is 0 Å². The van der Waals surface area contributed by atoms with Gasteiger partial charge in [0.25, 0.3) is 0 Å². The maximum atomic E-state index is 11.0. The largest absolute Gasteiger partial charge is 0.545 e. The van der Waals surface area contributed by atoms with Crippen molar-refractivity contribution in [2.45, 2.75) is 23.6 Å². The van der Waals surface area contributed by atoms with Crippen molar-refractivity contribution in [3.8, 4) is 0 Å². The van der Waals surface area contributed by atoms with Crippen LogP contribution in [0.2, 0.25) is 0 Å². The summed E-state index contributed by atoms with van der Waals surface area (Å²) in [6, 6.07) is 11.3. The molecule has 106 valence electrons. The zero-order valence-electron chi connectivity index (χ0n) is 11.8. The Morgan fingerprint density at radius 1 is 1.19 bits per heavy atom. The fourth-order valence-corrected chi connectivity index (χ4v) is 3.35. The van der Waals surface area contributed by atoms with Crippen molar-refractivity contribution in [3.63, 3.8) is 0 Å². The highest BCUT2D eigenvalue weighted by molar-refractivity contribution is 7.99. The lowest BCUT2D eigenvalue weighted by Gasteiger charge is -2.12. The number of carboxylic acid groups (broad SMARTS) is 1. The molecule has 4 heteroatoms. The van der Waals surface area contributed by atoms with Crippen molar-refractivity contribution in [3.05, 3.63) is 59.2 Å². The molecule has 21 heavy (non-hydrogen) atoms. The molecule has 3 rings (SSSR count). The lowest BCUT2D eigenvalue weighted by molar-refractivity contribution is -0.255. The van der Waals surface area contributed by atoms with Crippen LogP contribution >= 0.6 is 11.8 Å². The number of aromatic carboxylic acids is 1. The highest BCUT2D eigenvalue weighted by Crippen LogP contribution is 2.42. The van der Waals surface area contributed by atoms with Gasteiger partial charge in [-0.2, -0.15) is 0 Å². The summed E-state index contributed by atoms with van der Waals surface area (Å²) in [4.78, 5) is 13.2. The van der Waals surface area contributed by atoms with Crippen LogP contribution in [0.25, 0.3) is 5.70 Å². The average molecular weight is 296 g/mol. The Morgan fingerprint density at radius 2 is 1.95 bits per heavy atom. The van der Waals surface area contributed by atoms with Crippen molar-refractivity contribution in [2.24, 2.45) is 0 Å². The second kappa shape index (κ2) is 5.30. The SMILES string of the molecule is CC=C1Nc2cc(C(=O)[O-])ccc2Sc2ccc(C)cc21. The molecular formula is C17H14NO2S-. The molecule has 1 aliphatic rings. The van der Waals surface area contributed by atoms with Crippen LogP contribution in [0.3, 0.4) is 0 Å². The molecule has 0 fully saturated rings. The number of carbonyl (C=O) groups excluding carboxylic acids is 1. The first-order valence-electron chi connectivity index (χ1n) is 6.66. The van der Waals surface area contributed by atoms with E-state index in [1.54, 1.807) is 23.9 Å². The Hall–Kier alpha value is -2.20. The van der Waals surface area contributed by atoms with Gasteiger partial charge < -0.3 is 15.2 Å². The van der Waals surface area contributed by atoms with E-state index in [9.17, 15) is 9.90 Å². The number of anilines is 1. The summed E-state index contributed by atoms with van der Waals surface area (Å²) in [7, 11) is 0. The van der Waals surface area contributed by atoms with Gasteiger partial charge in [0, 0.05) is 21.1 Å². The van der Waals surface area contributed by atoms with Crippen LogP contribution in [-0.2, 0) is 0 Å². The van der Waals surface area contributed by atoms with Crippen LogP contribution in [0.5, 0.6) is 0 Å². The van der Waals surface area contributed by atoms with E-state index < -0.39 is 5.97 Å². The Morgan fingerprint density at radius 3 is 2.67 bits per heavy atom. The van der Waals surface area contributed by atoms with E-state index in [1.165, 1.54) is 5.56 Å². The molecule has 0 spiro atoms. The molecule has 0 radical (unpaired) electrons. The zero-order chi connectivity index (χ0) is 15.0. The molecule has 0 aliphatic carbocycles. The number of hydrogen-bond donors (Lipinski definition) is 1. The summed E-state index contributed by atoms with van der Waals surface area (Å²) in [5.41, 5.74) is 4.28. The molecule has 3 nitrogen and oxygen atoms in total. The van der Waals surface area contributed by atoms with Gasteiger partial charge in [0.1, 0.15) is 0 Å². The van der Waals surface area contributed by atoms with E-state index >= 15 is 0 Å². The van der Waals surface area contributed by atoms with Crippen LogP contribution in [0, 0.1) is 6.92 Å². The van der Waals surface area contributed by atoms with Crippen LogP contribution in [0.15, 0.2) is 52.3 Å². The number of allylic oxidation sites excluding steroid dienone is 1. The topological polar surface area (TPSA) is 52.2 Å². The molecule has 2 aromatic rings. The van der Waals surface area contributed by atoms with Crippen molar-refractivity contribution in [1.82, 2.24) is 0 Å². The third-order valence-electron chi connectivity index (χ3n) is 3.42. The predicted molar refractivity (Wildman–Crippen MR) is 83.3 cm³/mol. The van der Waals surface area contributed by atoms with Crippen molar-refractivity contribution in [2.75, 3.05) is 5.32 Å². The zero-order valence-corrected chi connectivity index (χ0v) is 12.6. The minimum atomic E-state index is -1.16. The predicted octanol–water partition coefficient (Wildman–Crippen LogP) is 3.30. The molecule has 1 N–H and O–H groups in total. The van der Waals surface area contributed by atoms with E-state index in [0.717, 1.165) is 26.7 Å². The number of benzene rings is 2. The van der Waals surface area contributed by atoms with Crippen molar-refractivity contribution in [1.29, 1.82) is 0 Å². The standard InChI is InChI=1S/C17H15NO2S/c1-3-13-12-8-10(2)4-6-15(12)21-16-7-5-11(17(19)20)9-14(16)18-13/h3-9,18H,1-2H3,(H,19,20)/p-1. The Bertz CT molecular complexity index is 765. The highest BCUT2D eigenvalue weighted by atomic mass is 32.2. The summed E-state index contributed by atoms with van der Waals surface area (Å²) >= 11 is 1.63. The van der Waals surface area contributed by atoms with Gasteiger partial charge in [0.2, 0.25) is 0 Å². The molecule has 1 aliphatic heterocycles. The fraction of sp³-hybridized carbons (Fsp3) is 0.118. The lowest BCUT2D eigenvalue weighted by Crippen LogP contribution is -2.22. The minimum absolute atomic E-state index is 0.180. The summed E-state index contributed by atoms with van der Waals surface area (Å²) < 4.78 is 0. The number of fused-ring (bicyclic) bond motifs is 2. The molecule has 0 bridgehead atoms. The summed E-state index contributed by atoms with van der Waals surface area (Å²) in [6.07, 6.45) is 2.00. The summed E-state index contributed by atoms with van der Waals surface area (Å²) in [5.74, 6) is -1.16. The number of carbonyl (C=O) groups is 1. The van der Waals surface area contributed by atoms with Gasteiger partial charge in [-0.25, -0.2) is 0 Å². The quantitative estimate of drug-likeness (QED) is 0.877. The molecule has 0 saturated heterocycles. The molecular weight excluding hydrogens is 282 g/mol. The molecule has 0 unspecified atom stereocenters.